The Morgan fingerprint density at radius 2 is 1.54 bits per heavy atom. The molecule has 1 atom stereocenters. The Hall–Kier alpha value is -1.10. The molecule has 0 aromatic heterocycles. The van der Waals surface area contributed by atoms with Crippen LogP contribution < -0.4 is 4.74 Å². The van der Waals surface area contributed by atoms with E-state index in [1.807, 2.05) is 30.3 Å². The zero-order valence-electron chi connectivity index (χ0n) is 15.2. The second-order valence-electron chi connectivity index (χ2n) is 7.54. The molecule has 2 aromatic carbocycles. The molecule has 0 N–H and O–H groups in total. The van der Waals surface area contributed by atoms with Crippen LogP contribution in [0, 0.1) is 0 Å². The van der Waals surface area contributed by atoms with Gasteiger partial charge in [0.2, 0.25) is 0 Å². The van der Waals surface area contributed by atoms with Gasteiger partial charge in [0.15, 0.2) is 8.32 Å². The molecule has 0 fully saturated rings. The van der Waals surface area contributed by atoms with E-state index in [9.17, 15) is 0 Å². The van der Waals surface area contributed by atoms with E-state index in [-0.39, 0.29) is 11.1 Å². The molecule has 0 aliphatic carbocycles. The van der Waals surface area contributed by atoms with Crippen molar-refractivity contribution in [2.75, 3.05) is 6.61 Å². The van der Waals surface area contributed by atoms with Gasteiger partial charge in [-0.05, 0) is 48.0 Å². The van der Waals surface area contributed by atoms with E-state index >= 15 is 0 Å². The Kier molecular flexibility index (Phi) is 6.29. The molecular formula is C20H27BrO2Si. The molecule has 0 saturated carbocycles. The van der Waals surface area contributed by atoms with Crippen LogP contribution >= 0.6 is 15.9 Å². The van der Waals surface area contributed by atoms with Crippen LogP contribution in [0.5, 0.6) is 5.75 Å². The van der Waals surface area contributed by atoms with Crippen molar-refractivity contribution in [1.82, 2.24) is 0 Å². The summed E-state index contributed by atoms with van der Waals surface area (Å²) in [6.07, 6.45) is -0.0702. The predicted octanol–water partition coefficient (Wildman–Crippen LogP) is 6.59. The summed E-state index contributed by atoms with van der Waals surface area (Å²) in [6, 6.07) is 18.2. The lowest BCUT2D eigenvalue weighted by molar-refractivity contribution is 0.115. The van der Waals surface area contributed by atoms with Crippen molar-refractivity contribution in [3.63, 3.8) is 0 Å². The van der Waals surface area contributed by atoms with E-state index in [2.05, 4.69) is 74.1 Å². The van der Waals surface area contributed by atoms with Crippen molar-refractivity contribution in [3.05, 3.63) is 64.6 Å². The Labute approximate surface area is 155 Å². The van der Waals surface area contributed by atoms with Gasteiger partial charge >= 0.3 is 0 Å². The maximum atomic E-state index is 6.65. The molecule has 0 radical (unpaired) electrons. The monoisotopic (exact) mass is 406 g/mol. The summed E-state index contributed by atoms with van der Waals surface area (Å²) in [7, 11) is -1.89. The van der Waals surface area contributed by atoms with Crippen molar-refractivity contribution < 1.29 is 9.16 Å². The molecule has 2 nitrogen and oxygen atoms in total. The lowest BCUT2D eigenvalue weighted by atomic mass is 10.1. The number of benzene rings is 2. The third-order valence-electron chi connectivity index (χ3n) is 4.63. The van der Waals surface area contributed by atoms with Gasteiger partial charge in [-0.15, -0.1) is 0 Å². The summed E-state index contributed by atoms with van der Waals surface area (Å²) in [5.41, 5.74) is 1.15. The molecule has 0 unspecified atom stereocenters. The van der Waals surface area contributed by atoms with Crippen molar-refractivity contribution in [2.45, 2.75) is 45.0 Å². The number of para-hydroxylation sites is 1. The average molecular weight is 407 g/mol. The zero-order valence-corrected chi connectivity index (χ0v) is 17.8. The van der Waals surface area contributed by atoms with Gasteiger partial charge < -0.3 is 9.16 Å². The summed E-state index contributed by atoms with van der Waals surface area (Å²) < 4.78 is 13.7. The van der Waals surface area contributed by atoms with E-state index in [0.29, 0.717) is 6.61 Å². The minimum atomic E-state index is -1.89. The molecule has 2 rings (SSSR count). The maximum absolute atomic E-state index is 6.65. The molecule has 0 aliphatic heterocycles. The number of rotatable bonds is 6. The van der Waals surface area contributed by atoms with Crippen LogP contribution in [0.4, 0.5) is 0 Å². The molecule has 2 aromatic rings. The zero-order chi connectivity index (χ0) is 17.8. The average Bonchev–Trinajstić information content (AvgIpc) is 2.52. The fraction of sp³-hybridized carbons (Fsp3) is 0.400. The van der Waals surface area contributed by atoms with Gasteiger partial charge in [0.25, 0.3) is 0 Å². The highest BCUT2D eigenvalue weighted by molar-refractivity contribution is 9.10. The fourth-order valence-electron chi connectivity index (χ4n) is 2.10. The van der Waals surface area contributed by atoms with Crippen molar-refractivity contribution in [3.8, 4) is 5.75 Å². The fourth-order valence-corrected chi connectivity index (χ4v) is 3.63. The number of halogens is 1. The quantitative estimate of drug-likeness (QED) is 0.503. The molecule has 0 bridgehead atoms. The molecule has 0 spiro atoms. The highest BCUT2D eigenvalue weighted by atomic mass is 79.9. The van der Waals surface area contributed by atoms with Gasteiger partial charge in [-0.25, -0.2) is 0 Å². The largest absolute Gasteiger partial charge is 0.491 e. The standard InChI is InChI=1S/C20H27BrO2Si/c1-20(2,3)24(4,5)23-19(16-11-13-17(21)14-12-16)15-22-18-9-7-6-8-10-18/h6-14,19H,15H2,1-5H3/t19-/m0/s1. The van der Waals surface area contributed by atoms with Crippen LogP contribution in [0.15, 0.2) is 59.1 Å². The van der Waals surface area contributed by atoms with Crippen LogP contribution in [-0.2, 0) is 4.43 Å². The van der Waals surface area contributed by atoms with E-state index in [4.69, 9.17) is 9.16 Å². The number of hydrogen-bond acceptors (Lipinski definition) is 2. The van der Waals surface area contributed by atoms with Gasteiger partial charge in [-0.1, -0.05) is 67.0 Å². The molecule has 0 saturated heterocycles. The van der Waals surface area contributed by atoms with Gasteiger partial charge in [-0.3, -0.25) is 0 Å². The van der Waals surface area contributed by atoms with Crippen LogP contribution in [0.3, 0.4) is 0 Å². The highest BCUT2D eigenvalue weighted by Gasteiger charge is 2.39. The second kappa shape index (κ2) is 7.85. The van der Waals surface area contributed by atoms with E-state index in [1.165, 1.54) is 0 Å². The number of hydrogen-bond donors (Lipinski definition) is 0. The van der Waals surface area contributed by atoms with Gasteiger partial charge in [-0.2, -0.15) is 0 Å². The second-order valence-corrected chi connectivity index (χ2v) is 13.2. The van der Waals surface area contributed by atoms with Gasteiger partial charge in [0, 0.05) is 4.47 Å². The third kappa shape index (κ3) is 5.20. The molecule has 0 amide bonds. The van der Waals surface area contributed by atoms with Crippen LogP contribution in [0.2, 0.25) is 18.1 Å². The summed E-state index contributed by atoms with van der Waals surface area (Å²) in [6.45, 7) is 11.8. The van der Waals surface area contributed by atoms with E-state index < -0.39 is 8.32 Å². The molecule has 130 valence electrons. The first kappa shape index (κ1) is 19.2. The van der Waals surface area contributed by atoms with Gasteiger partial charge in [0.1, 0.15) is 18.5 Å². The lowest BCUT2D eigenvalue weighted by Gasteiger charge is -2.39. The topological polar surface area (TPSA) is 18.5 Å². The SMILES string of the molecule is CC(C)(C)[Si](C)(C)O[C@@H](COc1ccccc1)c1ccc(Br)cc1. The Bertz CT molecular complexity index is 633. The van der Waals surface area contributed by atoms with Crippen LogP contribution in [-0.4, -0.2) is 14.9 Å². The Balaban J connectivity index is 2.19. The van der Waals surface area contributed by atoms with Crippen molar-refractivity contribution >= 4 is 24.2 Å². The summed E-state index contributed by atoms with van der Waals surface area (Å²) in [4.78, 5) is 0. The molecule has 4 heteroatoms. The smallest absolute Gasteiger partial charge is 0.193 e. The summed E-state index contributed by atoms with van der Waals surface area (Å²) in [5, 5.41) is 0.160. The minimum absolute atomic E-state index is 0.0702. The molecule has 0 aliphatic rings. The molecule has 0 heterocycles. The number of ether oxygens (including phenoxy) is 1. The highest BCUT2D eigenvalue weighted by Crippen LogP contribution is 2.40. The predicted molar refractivity (Wildman–Crippen MR) is 107 cm³/mol. The molecular weight excluding hydrogens is 380 g/mol. The van der Waals surface area contributed by atoms with Crippen LogP contribution in [0.25, 0.3) is 0 Å². The maximum Gasteiger partial charge on any atom is 0.193 e. The first-order chi connectivity index (χ1) is 11.2. The van der Waals surface area contributed by atoms with Crippen molar-refractivity contribution in [2.24, 2.45) is 0 Å². The normalized spacial score (nSPS) is 13.6. The first-order valence-corrected chi connectivity index (χ1v) is 12.0. The van der Waals surface area contributed by atoms with E-state index in [1.54, 1.807) is 0 Å². The van der Waals surface area contributed by atoms with E-state index in [0.717, 1.165) is 15.8 Å². The molecule has 24 heavy (non-hydrogen) atoms. The Morgan fingerprint density at radius 1 is 0.958 bits per heavy atom. The van der Waals surface area contributed by atoms with Crippen LogP contribution in [0.1, 0.15) is 32.4 Å². The first-order valence-electron chi connectivity index (χ1n) is 8.30. The minimum Gasteiger partial charge on any atom is -0.491 e. The third-order valence-corrected chi connectivity index (χ3v) is 9.64. The summed E-state index contributed by atoms with van der Waals surface area (Å²) in [5.74, 6) is 0.874. The summed E-state index contributed by atoms with van der Waals surface area (Å²) >= 11 is 3.50. The van der Waals surface area contributed by atoms with Crippen molar-refractivity contribution in [1.29, 1.82) is 0 Å². The van der Waals surface area contributed by atoms with Gasteiger partial charge in [0.05, 0.1) is 0 Å². The Morgan fingerprint density at radius 3 is 2.08 bits per heavy atom. The lowest BCUT2D eigenvalue weighted by Crippen LogP contribution is -2.42.